The third-order valence-electron chi connectivity index (χ3n) is 7.49. The molecule has 2 saturated heterocycles. The molecule has 2 unspecified atom stereocenters. The number of nitrogens with zero attached hydrogens (tertiary/aromatic N) is 2. The number of hydrogen-bond donors (Lipinski definition) is 3. The van der Waals surface area contributed by atoms with Crippen molar-refractivity contribution in [1.82, 2.24) is 20.4 Å². The first-order valence-corrected chi connectivity index (χ1v) is 13.5. The summed E-state index contributed by atoms with van der Waals surface area (Å²) in [6.07, 6.45) is 3.05. The molecule has 2 amide bonds. The van der Waals surface area contributed by atoms with Crippen molar-refractivity contribution in [3.05, 3.63) is 54.6 Å². The highest BCUT2D eigenvalue weighted by atomic mass is 16.6. The lowest BCUT2D eigenvalue weighted by Crippen LogP contribution is -2.51. The highest BCUT2D eigenvalue weighted by Crippen LogP contribution is 2.28. The number of carbonyl (C=O) groups is 2. The van der Waals surface area contributed by atoms with E-state index in [1.165, 1.54) is 0 Å². The van der Waals surface area contributed by atoms with Crippen LogP contribution >= 0.6 is 0 Å². The Morgan fingerprint density at radius 2 is 1.76 bits per heavy atom. The highest BCUT2D eigenvalue weighted by molar-refractivity contribution is 5.91. The van der Waals surface area contributed by atoms with E-state index in [0.717, 1.165) is 75.2 Å². The maximum atomic E-state index is 12.8. The van der Waals surface area contributed by atoms with Crippen LogP contribution in [0.2, 0.25) is 0 Å². The van der Waals surface area contributed by atoms with E-state index in [4.69, 9.17) is 4.74 Å². The van der Waals surface area contributed by atoms with E-state index in [1.54, 1.807) is 0 Å². The number of hydrogen-bond acceptors (Lipinski definition) is 6. The molecular formula is C29H41N5O3. The number of para-hydroxylation sites is 1. The van der Waals surface area contributed by atoms with Crippen LogP contribution in [0.4, 0.5) is 10.5 Å². The third kappa shape index (κ3) is 7.77. The molecule has 8 nitrogen and oxygen atoms in total. The first-order chi connectivity index (χ1) is 18.0. The number of benzene rings is 2. The molecule has 2 heterocycles. The maximum absolute atomic E-state index is 12.8. The van der Waals surface area contributed by atoms with Crippen LogP contribution in [-0.2, 0) is 9.53 Å². The minimum Gasteiger partial charge on any atom is -0.446 e. The Morgan fingerprint density at radius 3 is 2.46 bits per heavy atom. The summed E-state index contributed by atoms with van der Waals surface area (Å²) >= 11 is 0. The molecule has 0 bridgehead atoms. The van der Waals surface area contributed by atoms with Crippen molar-refractivity contribution in [3.8, 4) is 11.1 Å². The zero-order valence-electron chi connectivity index (χ0n) is 22.1. The van der Waals surface area contributed by atoms with Gasteiger partial charge < -0.3 is 25.2 Å². The Morgan fingerprint density at radius 1 is 1.03 bits per heavy atom. The smallest absolute Gasteiger partial charge is 0.411 e. The number of likely N-dealkylation sites (tertiary alicyclic amines) is 1. The summed E-state index contributed by atoms with van der Waals surface area (Å²) in [5, 5.41) is 9.58. The molecule has 2 aliphatic heterocycles. The minimum absolute atomic E-state index is 0.0669. The van der Waals surface area contributed by atoms with Gasteiger partial charge in [-0.25, -0.2) is 4.79 Å². The Kier molecular flexibility index (Phi) is 9.93. The minimum atomic E-state index is -0.413. The standard InChI is InChI=1S/C29H41N5O3/c1-30-20-22-12-13-27(31-21-22)28(35)33(2)18-19-34-16-14-24(15-17-34)37-29(36)32-26-11-7-6-10-25(26)23-8-4-3-5-9-23/h3-11,22,24,27,30-31H,12-21H2,1-2H3,(H,32,36). The second-order valence-electron chi connectivity index (χ2n) is 10.2. The molecule has 2 aromatic carbocycles. The molecule has 200 valence electrons. The number of carbonyl (C=O) groups excluding carboxylic acids is 2. The number of nitrogens with one attached hydrogen (secondary N) is 3. The van der Waals surface area contributed by atoms with Crippen LogP contribution < -0.4 is 16.0 Å². The van der Waals surface area contributed by atoms with E-state index in [1.807, 2.05) is 73.6 Å². The van der Waals surface area contributed by atoms with E-state index in [9.17, 15) is 9.59 Å². The van der Waals surface area contributed by atoms with Gasteiger partial charge in [0.25, 0.3) is 0 Å². The predicted molar refractivity (Wildman–Crippen MR) is 148 cm³/mol. The molecule has 0 radical (unpaired) electrons. The van der Waals surface area contributed by atoms with Gasteiger partial charge in [0.15, 0.2) is 0 Å². The largest absolute Gasteiger partial charge is 0.446 e. The van der Waals surface area contributed by atoms with Gasteiger partial charge in [0.2, 0.25) is 5.91 Å². The topological polar surface area (TPSA) is 85.9 Å². The van der Waals surface area contributed by atoms with E-state index < -0.39 is 6.09 Å². The van der Waals surface area contributed by atoms with Gasteiger partial charge in [-0.3, -0.25) is 10.1 Å². The molecule has 2 aromatic rings. The fourth-order valence-corrected chi connectivity index (χ4v) is 5.26. The average Bonchev–Trinajstić information content (AvgIpc) is 2.93. The van der Waals surface area contributed by atoms with Crippen molar-refractivity contribution >= 4 is 17.7 Å². The summed E-state index contributed by atoms with van der Waals surface area (Å²) in [7, 11) is 3.87. The Labute approximate surface area is 220 Å². The zero-order valence-corrected chi connectivity index (χ0v) is 22.1. The van der Waals surface area contributed by atoms with Crippen molar-refractivity contribution in [1.29, 1.82) is 0 Å². The van der Waals surface area contributed by atoms with Gasteiger partial charge in [0.05, 0.1) is 11.7 Å². The molecule has 0 aliphatic carbocycles. The Bertz CT molecular complexity index is 1000. The van der Waals surface area contributed by atoms with Crippen molar-refractivity contribution in [2.75, 3.05) is 58.7 Å². The van der Waals surface area contributed by atoms with Gasteiger partial charge >= 0.3 is 6.09 Å². The molecule has 3 N–H and O–H groups in total. The van der Waals surface area contributed by atoms with Crippen LogP contribution in [0.1, 0.15) is 25.7 Å². The van der Waals surface area contributed by atoms with Crippen LogP contribution in [0.3, 0.4) is 0 Å². The lowest BCUT2D eigenvalue weighted by molar-refractivity contribution is -0.133. The number of likely N-dealkylation sites (N-methyl/N-ethyl adjacent to an activating group) is 1. The molecule has 0 spiro atoms. The van der Waals surface area contributed by atoms with Crippen molar-refractivity contribution in [2.24, 2.45) is 5.92 Å². The summed E-state index contributed by atoms with van der Waals surface area (Å²) in [5.41, 5.74) is 2.76. The number of rotatable bonds is 9. The van der Waals surface area contributed by atoms with Crippen molar-refractivity contribution in [3.63, 3.8) is 0 Å². The van der Waals surface area contributed by atoms with Crippen molar-refractivity contribution < 1.29 is 14.3 Å². The maximum Gasteiger partial charge on any atom is 0.411 e. The highest BCUT2D eigenvalue weighted by Gasteiger charge is 2.28. The summed E-state index contributed by atoms with van der Waals surface area (Å²) in [5.74, 6) is 0.789. The molecule has 8 heteroatoms. The third-order valence-corrected chi connectivity index (χ3v) is 7.49. The Balaban J connectivity index is 1.16. The van der Waals surface area contributed by atoms with Crippen LogP contribution in [0.25, 0.3) is 11.1 Å². The van der Waals surface area contributed by atoms with E-state index in [2.05, 4.69) is 20.9 Å². The van der Waals surface area contributed by atoms with E-state index in [0.29, 0.717) is 12.5 Å². The summed E-state index contributed by atoms with van der Waals surface area (Å²) < 4.78 is 5.75. The lowest BCUT2D eigenvalue weighted by atomic mass is 9.94. The molecule has 0 saturated carbocycles. The molecular weight excluding hydrogens is 466 g/mol. The van der Waals surface area contributed by atoms with Crippen LogP contribution in [-0.4, -0.2) is 87.3 Å². The molecule has 2 fully saturated rings. The van der Waals surface area contributed by atoms with Gasteiger partial charge in [-0.2, -0.15) is 0 Å². The summed E-state index contributed by atoms with van der Waals surface area (Å²) in [4.78, 5) is 29.7. The van der Waals surface area contributed by atoms with E-state index >= 15 is 0 Å². The summed E-state index contributed by atoms with van der Waals surface area (Å²) in [6.45, 7) is 5.14. The first-order valence-electron chi connectivity index (χ1n) is 13.5. The van der Waals surface area contributed by atoms with Gasteiger partial charge in [-0.15, -0.1) is 0 Å². The molecule has 0 aromatic heterocycles. The number of amides is 2. The zero-order chi connectivity index (χ0) is 26.0. The predicted octanol–water partition coefficient (Wildman–Crippen LogP) is 3.41. The lowest BCUT2D eigenvalue weighted by Gasteiger charge is -2.34. The van der Waals surface area contributed by atoms with Gasteiger partial charge in [0.1, 0.15) is 6.10 Å². The molecule has 37 heavy (non-hydrogen) atoms. The number of ether oxygens (including phenoxy) is 1. The number of anilines is 1. The SMILES string of the molecule is CNCC1CCC(C(=O)N(C)CCN2CCC(OC(=O)Nc3ccccc3-c3ccccc3)CC2)NC1. The Hall–Kier alpha value is -2.94. The first kappa shape index (κ1) is 27.1. The van der Waals surface area contributed by atoms with Crippen LogP contribution in [0.5, 0.6) is 0 Å². The van der Waals surface area contributed by atoms with Crippen LogP contribution in [0.15, 0.2) is 54.6 Å². The fourth-order valence-electron chi connectivity index (χ4n) is 5.26. The normalized spacial score (nSPS) is 20.8. The van der Waals surface area contributed by atoms with Gasteiger partial charge in [0, 0.05) is 38.8 Å². The monoisotopic (exact) mass is 507 g/mol. The van der Waals surface area contributed by atoms with Gasteiger partial charge in [-0.05, 0) is 63.4 Å². The number of piperidine rings is 2. The second-order valence-corrected chi connectivity index (χ2v) is 10.2. The van der Waals surface area contributed by atoms with Gasteiger partial charge in [-0.1, -0.05) is 48.5 Å². The molecule has 2 aliphatic rings. The van der Waals surface area contributed by atoms with Crippen molar-refractivity contribution in [2.45, 2.75) is 37.8 Å². The molecule has 4 rings (SSSR count). The summed E-state index contributed by atoms with van der Waals surface area (Å²) in [6, 6.07) is 17.7. The average molecular weight is 508 g/mol. The molecule has 2 atom stereocenters. The second kappa shape index (κ2) is 13.6. The van der Waals surface area contributed by atoms with E-state index in [-0.39, 0.29) is 18.1 Å². The quantitative estimate of drug-likeness (QED) is 0.482. The fraction of sp³-hybridized carbons (Fsp3) is 0.517. The van der Waals surface area contributed by atoms with Crippen LogP contribution in [0, 0.1) is 5.92 Å².